The molecular formula is C32H38N6O3S. The third-order valence-electron chi connectivity index (χ3n) is 7.41. The van der Waals surface area contributed by atoms with E-state index in [9.17, 15) is 19.6 Å². The molecule has 0 saturated carbocycles. The highest BCUT2D eigenvalue weighted by atomic mass is 32.2. The number of hydrogen-bond donors (Lipinski definition) is 1. The summed E-state index contributed by atoms with van der Waals surface area (Å²) in [6, 6.07) is 24.6. The number of nitrogens with zero attached hydrogens (tertiary/aromatic N) is 5. The second-order valence-corrected chi connectivity index (χ2v) is 10.9. The van der Waals surface area contributed by atoms with Gasteiger partial charge in [-0.2, -0.15) is 22.0 Å². The molecule has 0 aliphatic carbocycles. The Hall–Kier alpha value is -4.07. The number of carbonyl (C=O) groups excluding carboxylic acids is 3. The van der Waals surface area contributed by atoms with Crippen LogP contribution >= 0.6 is 11.8 Å². The van der Waals surface area contributed by atoms with Gasteiger partial charge in [-0.15, -0.1) is 0 Å². The number of amides is 4. The fraction of sp³-hybridized carbons (Fsp3) is 0.375. The van der Waals surface area contributed by atoms with Crippen LogP contribution in [0.1, 0.15) is 31.4 Å². The molecule has 4 amide bonds. The first-order chi connectivity index (χ1) is 20.5. The van der Waals surface area contributed by atoms with Crippen LogP contribution in [-0.4, -0.2) is 81.5 Å². The molecule has 220 valence electrons. The largest absolute Gasteiger partial charge is 0.334 e. The minimum Gasteiger partial charge on any atom is -0.333 e. The van der Waals surface area contributed by atoms with Gasteiger partial charge in [0.2, 0.25) is 11.8 Å². The number of hydrazine groups is 1. The number of nitrogens with one attached hydrogen (secondary N) is 1. The van der Waals surface area contributed by atoms with Gasteiger partial charge >= 0.3 is 6.03 Å². The molecule has 2 aliphatic rings. The van der Waals surface area contributed by atoms with E-state index in [2.05, 4.69) is 11.4 Å². The van der Waals surface area contributed by atoms with Crippen molar-refractivity contribution in [1.29, 1.82) is 5.26 Å². The van der Waals surface area contributed by atoms with E-state index in [0.29, 0.717) is 25.3 Å². The molecule has 2 atom stereocenters. The fourth-order valence-electron chi connectivity index (χ4n) is 5.55. The molecule has 0 spiro atoms. The van der Waals surface area contributed by atoms with Crippen molar-refractivity contribution in [3.63, 3.8) is 0 Å². The van der Waals surface area contributed by atoms with Crippen LogP contribution in [-0.2, 0) is 22.7 Å². The standard InChI is InChI=1S/C30H32N6O3S.C2H6/c1-40-17-14-26-29(38)33(19-24-12-7-11-23-10-5-6-13-25(23)24)20-27-35(26)28(37)21-34(16-15-31)36(27)30(39)32-18-22-8-3-2-4-9-22;1-2/h2-13,26-27H,14,16-21H2,1H3,(H,32,39);1-2H3/t26-,27?;/m0./s1. The second-order valence-electron chi connectivity index (χ2n) is 9.91. The van der Waals surface area contributed by atoms with Crippen LogP contribution in [0, 0.1) is 11.3 Å². The highest BCUT2D eigenvalue weighted by Gasteiger charge is 2.51. The zero-order chi connectivity index (χ0) is 30.1. The van der Waals surface area contributed by atoms with E-state index in [-0.39, 0.29) is 31.4 Å². The molecule has 0 radical (unpaired) electrons. The maximum Gasteiger partial charge on any atom is 0.334 e. The molecule has 2 aliphatic heterocycles. The summed E-state index contributed by atoms with van der Waals surface area (Å²) < 4.78 is 0. The van der Waals surface area contributed by atoms with E-state index in [1.807, 2.05) is 92.9 Å². The quantitative estimate of drug-likeness (QED) is 0.392. The Morgan fingerprint density at radius 1 is 1.02 bits per heavy atom. The van der Waals surface area contributed by atoms with Gasteiger partial charge in [-0.1, -0.05) is 86.6 Å². The number of thioether (sulfide) groups is 1. The van der Waals surface area contributed by atoms with Crippen molar-refractivity contribution in [2.45, 2.75) is 45.6 Å². The highest BCUT2D eigenvalue weighted by molar-refractivity contribution is 7.98. The molecule has 0 aromatic heterocycles. The summed E-state index contributed by atoms with van der Waals surface area (Å²) in [5.41, 5.74) is 1.93. The van der Waals surface area contributed by atoms with Crippen LogP contribution in [0.3, 0.4) is 0 Å². The summed E-state index contributed by atoms with van der Waals surface area (Å²) in [6.07, 6.45) is 1.71. The summed E-state index contributed by atoms with van der Waals surface area (Å²) in [6.45, 7) is 4.53. The zero-order valence-electron chi connectivity index (χ0n) is 24.4. The van der Waals surface area contributed by atoms with Gasteiger partial charge < -0.3 is 15.1 Å². The molecular weight excluding hydrogens is 548 g/mol. The molecule has 1 unspecified atom stereocenters. The van der Waals surface area contributed by atoms with Gasteiger partial charge in [-0.05, 0) is 40.3 Å². The summed E-state index contributed by atoms with van der Waals surface area (Å²) in [5, 5.41) is 17.6. The Bertz CT molecular complexity index is 1420. The Labute approximate surface area is 252 Å². The topological polar surface area (TPSA) is 100.0 Å². The van der Waals surface area contributed by atoms with Gasteiger partial charge in [0.1, 0.15) is 18.8 Å². The van der Waals surface area contributed by atoms with Gasteiger partial charge in [-0.25, -0.2) is 9.80 Å². The van der Waals surface area contributed by atoms with E-state index in [1.54, 1.807) is 21.6 Å². The van der Waals surface area contributed by atoms with Gasteiger partial charge in [0.05, 0.1) is 19.2 Å². The molecule has 1 N–H and O–H groups in total. The predicted molar refractivity (Wildman–Crippen MR) is 166 cm³/mol. The third-order valence-corrected chi connectivity index (χ3v) is 8.06. The van der Waals surface area contributed by atoms with E-state index in [0.717, 1.165) is 21.9 Å². The Balaban J connectivity index is 0.00000198. The Kier molecular flexibility index (Phi) is 10.8. The van der Waals surface area contributed by atoms with E-state index < -0.39 is 18.2 Å². The van der Waals surface area contributed by atoms with Crippen LogP contribution in [0.4, 0.5) is 4.79 Å². The molecule has 42 heavy (non-hydrogen) atoms. The van der Waals surface area contributed by atoms with Crippen LogP contribution in [0.15, 0.2) is 72.8 Å². The molecule has 10 heteroatoms. The van der Waals surface area contributed by atoms with Gasteiger partial charge in [-0.3, -0.25) is 9.59 Å². The molecule has 0 bridgehead atoms. The van der Waals surface area contributed by atoms with Crippen molar-refractivity contribution in [2.75, 3.05) is 31.6 Å². The first kappa shape index (κ1) is 30.9. The second kappa shape index (κ2) is 14.7. The number of carbonyl (C=O) groups is 3. The number of piperazine rings is 1. The number of hydrogen-bond acceptors (Lipinski definition) is 6. The monoisotopic (exact) mass is 586 g/mol. The van der Waals surface area contributed by atoms with E-state index >= 15 is 0 Å². The Morgan fingerprint density at radius 3 is 2.48 bits per heavy atom. The molecule has 3 aromatic rings. The Morgan fingerprint density at radius 2 is 1.74 bits per heavy atom. The lowest BCUT2D eigenvalue weighted by Crippen LogP contribution is -2.76. The average Bonchev–Trinajstić information content (AvgIpc) is 3.02. The molecule has 2 heterocycles. The SMILES string of the molecule is CC.CSCC[C@H]1C(=O)N(Cc2cccc3ccccc23)CC2N1C(=O)CN(CC#N)N2C(=O)NCc1ccccc1. The molecule has 2 saturated heterocycles. The minimum atomic E-state index is -0.732. The van der Waals surface area contributed by atoms with Crippen molar-refractivity contribution in [3.05, 3.63) is 83.9 Å². The molecule has 9 nitrogen and oxygen atoms in total. The first-order valence-electron chi connectivity index (χ1n) is 14.3. The highest BCUT2D eigenvalue weighted by Crippen LogP contribution is 2.30. The minimum absolute atomic E-state index is 0.120. The number of rotatable bonds is 8. The average molecular weight is 587 g/mol. The summed E-state index contributed by atoms with van der Waals surface area (Å²) in [7, 11) is 0. The lowest BCUT2D eigenvalue weighted by Gasteiger charge is -2.54. The van der Waals surface area contributed by atoms with E-state index in [4.69, 9.17) is 0 Å². The lowest BCUT2D eigenvalue weighted by molar-refractivity contribution is -0.189. The van der Waals surface area contributed by atoms with Gasteiger partial charge in [0.25, 0.3) is 0 Å². The van der Waals surface area contributed by atoms with Crippen molar-refractivity contribution < 1.29 is 14.4 Å². The first-order valence-corrected chi connectivity index (χ1v) is 15.7. The smallest absolute Gasteiger partial charge is 0.333 e. The number of benzene rings is 3. The summed E-state index contributed by atoms with van der Waals surface area (Å²) in [5.74, 6) is 0.318. The van der Waals surface area contributed by atoms with Crippen molar-refractivity contribution >= 4 is 40.4 Å². The van der Waals surface area contributed by atoms with Crippen molar-refractivity contribution in [2.24, 2.45) is 0 Å². The molecule has 5 rings (SSSR count). The van der Waals surface area contributed by atoms with Crippen LogP contribution < -0.4 is 5.32 Å². The summed E-state index contributed by atoms with van der Waals surface area (Å²) in [4.78, 5) is 44.4. The third kappa shape index (κ3) is 6.69. The predicted octanol–water partition coefficient (Wildman–Crippen LogP) is 4.45. The van der Waals surface area contributed by atoms with Crippen LogP contribution in [0.25, 0.3) is 10.8 Å². The van der Waals surface area contributed by atoms with Crippen LogP contribution in [0.2, 0.25) is 0 Å². The van der Waals surface area contributed by atoms with Crippen LogP contribution in [0.5, 0.6) is 0 Å². The van der Waals surface area contributed by atoms with Gasteiger partial charge in [0, 0.05) is 13.1 Å². The molecule has 2 fully saturated rings. The van der Waals surface area contributed by atoms with Crippen molar-refractivity contribution in [1.82, 2.24) is 25.1 Å². The number of nitriles is 1. The fourth-order valence-corrected chi connectivity index (χ4v) is 6.01. The maximum absolute atomic E-state index is 13.9. The number of urea groups is 1. The van der Waals surface area contributed by atoms with E-state index in [1.165, 1.54) is 10.0 Å². The maximum atomic E-state index is 13.9. The zero-order valence-corrected chi connectivity index (χ0v) is 25.2. The van der Waals surface area contributed by atoms with Crippen molar-refractivity contribution in [3.8, 4) is 6.07 Å². The molecule has 3 aromatic carbocycles. The van der Waals surface area contributed by atoms with Gasteiger partial charge in [0.15, 0.2) is 0 Å². The number of fused-ring (bicyclic) bond motifs is 2. The normalized spacial score (nSPS) is 18.7. The summed E-state index contributed by atoms with van der Waals surface area (Å²) >= 11 is 1.61. The lowest BCUT2D eigenvalue weighted by atomic mass is 10.0.